The van der Waals surface area contributed by atoms with Gasteiger partial charge in [-0.25, -0.2) is 0 Å². The van der Waals surface area contributed by atoms with Crippen molar-refractivity contribution in [1.82, 2.24) is 10.2 Å². The fraction of sp³-hybridized carbons (Fsp3) is 0.250. The first-order chi connectivity index (χ1) is 13.0. The Morgan fingerprint density at radius 1 is 1.15 bits per heavy atom. The third-order valence-corrected chi connectivity index (χ3v) is 6.09. The molecule has 2 aromatic carbocycles. The second-order valence-corrected chi connectivity index (χ2v) is 8.68. The zero-order valence-corrected chi connectivity index (χ0v) is 17.2. The fourth-order valence-corrected chi connectivity index (χ4v) is 4.32. The molecule has 3 aromatic rings. The van der Waals surface area contributed by atoms with Crippen molar-refractivity contribution in [2.45, 2.75) is 36.8 Å². The van der Waals surface area contributed by atoms with Gasteiger partial charge >= 0.3 is 0 Å². The van der Waals surface area contributed by atoms with Gasteiger partial charge in [-0.15, -0.1) is 10.2 Å². The smallest absolute Gasteiger partial charge is 0.237 e. The van der Waals surface area contributed by atoms with Gasteiger partial charge < -0.3 is 10.6 Å². The fourth-order valence-electron chi connectivity index (χ4n) is 2.41. The highest BCUT2D eigenvalue weighted by molar-refractivity contribution is 8.02. The number of aryl methyl sites for hydroxylation is 2. The van der Waals surface area contributed by atoms with Gasteiger partial charge in [0, 0.05) is 11.4 Å². The number of rotatable bonds is 7. The number of benzene rings is 2. The van der Waals surface area contributed by atoms with Crippen LogP contribution in [0.1, 0.15) is 25.0 Å². The summed E-state index contributed by atoms with van der Waals surface area (Å²) in [6.07, 6.45) is 0.983. The summed E-state index contributed by atoms with van der Waals surface area (Å²) in [5.41, 5.74) is 4.21. The monoisotopic (exact) mass is 398 g/mol. The summed E-state index contributed by atoms with van der Waals surface area (Å²) in [6, 6.07) is 15.9. The molecule has 0 fully saturated rings. The number of nitrogens with one attached hydrogen (secondary N) is 2. The van der Waals surface area contributed by atoms with Crippen LogP contribution in [0.15, 0.2) is 52.9 Å². The molecule has 0 aliphatic rings. The van der Waals surface area contributed by atoms with E-state index in [1.807, 2.05) is 62.4 Å². The van der Waals surface area contributed by atoms with Crippen molar-refractivity contribution in [1.29, 1.82) is 0 Å². The maximum Gasteiger partial charge on any atom is 0.237 e. The van der Waals surface area contributed by atoms with Crippen LogP contribution in [0.5, 0.6) is 0 Å². The number of thioether (sulfide) groups is 1. The van der Waals surface area contributed by atoms with E-state index in [1.54, 1.807) is 0 Å². The normalized spacial score (nSPS) is 11.8. The van der Waals surface area contributed by atoms with Gasteiger partial charge in [0.25, 0.3) is 0 Å². The molecular formula is C20H22N4OS2. The van der Waals surface area contributed by atoms with Gasteiger partial charge in [0.15, 0.2) is 4.34 Å². The van der Waals surface area contributed by atoms with Gasteiger partial charge in [0.1, 0.15) is 0 Å². The van der Waals surface area contributed by atoms with Crippen LogP contribution in [0.3, 0.4) is 0 Å². The van der Waals surface area contributed by atoms with Gasteiger partial charge in [-0.1, -0.05) is 60.4 Å². The van der Waals surface area contributed by atoms with E-state index >= 15 is 0 Å². The van der Waals surface area contributed by atoms with Gasteiger partial charge in [-0.3, -0.25) is 4.79 Å². The Morgan fingerprint density at radius 3 is 2.59 bits per heavy atom. The molecule has 0 spiro atoms. The van der Waals surface area contributed by atoms with Crippen molar-refractivity contribution in [3.63, 3.8) is 0 Å². The second-order valence-electron chi connectivity index (χ2n) is 6.11. The highest BCUT2D eigenvalue weighted by atomic mass is 32.2. The Bertz CT molecular complexity index is 908. The van der Waals surface area contributed by atoms with Crippen molar-refractivity contribution in [3.8, 4) is 0 Å². The van der Waals surface area contributed by atoms with Crippen LogP contribution in [0, 0.1) is 6.92 Å². The number of carbonyl (C=O) groups is 1. The van der Waals surface area contributed by atoms with Gasteiger partial charge in [0.2, 0.25) is 11.0 Å². The highest BCUT2D eigenvalue weighted by Crippen LogP contribution is 2.31. The lowest BCUT2D eigenvalue weighted by molar-refractivity contribution is -0.115. The average Bonchev–Trinajstić information content (AvgIpc) is 3.11. The van der Waals surface area contributed by atoms with E-state index < -0.39 is 0 Å². The highest BCUT2D eigenvalue weighted by Gasteiger charge is 2.17. The minimum Gasteiger partial charge on any atom is -0.330 e. The molecule has 0 aliphatic carbocycles. The Balaban J connectivity index is 1.57. The molecule has 2 N–H and O–H groups in total. The van der Waals surface area contributed by atoms with Crippen LogP contribution in [-0.4, -0.2) is 21.4 Å². The Kier molecular flexibility index (Phi) is 6.47. The van der Waals surface area contributed by atoms with Crippen molar-refractivity contribution in [2.24, 2.45) is 0 Å². The minimum atomic E-state index is -0.268. The molecule has 1 amide bonds. The van der Waals surface area contributed by atoms with E-state index in [4.69, 9.17) is 0 Å². The van der Waals surface area contributed by atoms with E-state index in [-0.39, 0.29) is 11.2 Å². The molecule has 7 heteroatoms. The summed E-state index contributed by atoms with van der Waals surface area (Å²) in [5, 5.41) is 15.0. The molecule has 0 unspecified atom stereocenters. The second kappa shape index (κ2) is 9.01. The lowest BCUT2D eigenvalue weighted by atomic mass is 10.1. The molecule has 5 nitrogen and oxygen atoms in total. The van der Waals surface area contributed by atoms with E-state index in [0.29, 0.717) is 0 Å². The minimum absolute atomic E-state index is 0.0483. The first kappa shape index (κ1) is 19.4. The van der Waals surface area contributed by atoms with Crippen LogP contribution in [0.25, 0.3) is 0 Å². The molecule has 0 saturated carbocycles. The molecule has 1 heterocycles. The summed E-state index contributed by atoms with van der Waals surface area (Å²) < 4.78 is 0.759. The van der Waals surface area contributed by atoms with E-state index in [1.165, 1.54) is 28.7 Å². The van der Waals surface area contributed by atoms with Crippen LogP contribution in [0.2, 0.25) is 0 Å². The molecule has 1 aromatic heterocycles. The number of hydrogen-bond donors (Lipinski definition) is 2. The predicted molar refractivity (Wildman–Crippen MR) is 114 cm³/mol. The SMILES string of the molecule is CCc1ccc(NC(=O)[C@@H](C)Sc2nnc(Nc3ccccc3C)s2)cc1. The summed E-state index contributed by atoms with van der Waals surface area (Å²) in [5.74, 6) is -0.0483. The van der Waals surface area contributed by atoms with Crippen LogP contribution in [0.4, 0.5) is 16.5 Å². The van der Waals surface area contributed by atoms with Crippen LogP contribution < -0.4 is 10.6 Å². The topological polar surface area (TPSA) is 66.9 Å². The number of nitrogens with zero attached hydrogens (tertiary/aromatic N) is 2. The molecule has 0 aliphatic heterocycles. The molecule has 0 saturated heterocycles. The van der Waals surface area contributed by atoms with Gasteiger partial charge in [0.05, 0.1) is 5.25 Å². The summed E-state index contributed by atoms with van der Waals surface area (Å²) in [4.78, 5) is 12.4. The Hall–Kier alpha value is -2.38. The van der Waals surface area contributed by atoms with E-state index in [9.17, 15) is 4.79 Å². The lowest BCUT2D eigenvalue weighted by Gasteiger charge is -2.10. The molecule has 0 radical (unpaired) electrons. The van der Waals surface area contributed by atoms with E-state index in [2.05, 4.69) is 27.8 Å². The maximum absolute atomic E-state index is 12.4. The first-order valence-corrected chi connectivity index (χ1v) is 10.5. The lowest BCUT2D eigenvalue weighted by Crippen LogP contribution is -2.22. The molecule has 1 atom stereocenters. The Morgan fingerprint density at radius 2 is 1.89 bits per heavy atom. The van der Waals surface area contributed by atoms with Crippen molar-refractivity contribution in [3.05, 3.63) is 59.7 Å². The van der Waals surface area contributed by atoms with E-state index in [0.717, 1.165) is 32.8 Å². The molecular weight excluding hydrogens is 376 g/mol. The quantitative estimate of drug-likeness (QED) is 0.531. The van der Waals surface area contributed by atoms with Crippen molar-refractivity contribution in [2.75, 3.05) is 10.6 Å². The number of carbonyl (C=O) groups excluding carboxylic acids is 1. The zero-order chi connectivity index (χ0) is 19.2. The average molecular weight is 399 g/mol. The third kappa shape index (κ3) is 5.30. The molecule has 3 rings (SSSR count). The van der Waals surface area contributed by atoms with Crippen molar-refractivity contribution >= 4 is 45.5 Å². The van der Waals surface area contributed by atoms with Crippen LogP contribution in [-0.2, 0) is 11.2 Å². The predicted octanol–water partition coefficient (Wildman–Crippen LogP) is 5.27. The number of hydrogen-bond acceptors (Lipinski definition) is 6. The zero-order valence-electron chi connectivity index (χ0n) is 15.5. The maximum atomic E-state index is 12.4. The summed E-state index contributed by atoms with van der Waals surface area (Å²) in [7, 11) is 0. The molecule has 0 bridgehead atoms. The Labute approximate surface area is 167 Å². The number of anilines is 3. The van der Waals surface area contributed by atoms with Gasteiger partial charge in [-0.2, -0.15) is 0 Å². The largest absolute Gasteiger partial charge is 0.330 e. The molecule has 140 valence electrons. The van der Waals surface area contributed by atoms with Gasteiger partial charge in [-0.05, 0) is 49.6 Å². The number of amides is 1. The standard InChI is InChI=1S/C20H22N4OS2/c1-4-15-9-11-16(12-10-15)21-18(25)14(3)26-20-24-23-19(27-20)22-17-8-6-5-7-13(17)2/h5-12,14H,4H2,1-3H3,(H,21,25)(H,22,23)/t14-/m1/s1. The summed E-state index contributed by atoms with van der Waals surface area (Å²) >= 11 is 2.85. The third-order valence-electron chi connectivity index (χ3n) is 4.07. The first-order valence-electron chi connectivity index (χ1n) is 8.77. The van der Waals surface area contributed by atoms with Crippen LogP contribution >= 0.6 is 23.1 Å². The summed E-state index contributed by atoms with van der Waals surface area (Å²) in [6.45, 7) is 6.02. The number of para-hydroxylation sites is 1. The molecule has 27 heavy (non-hydrogen) atoms. The number of aromatic nitrogens is 2. The van der Waals surface area contributed by atoms with Crippen molar-refractivity contribution < 1.29 is 4.79 Å².